The summed E-state index contributed by atoms with van der Waals surface area (Å²) in [6.07, 6.45) is 0. The molecule has 0 spiro atoms. The Labute approximate surface area is 119 Å². The van der Waals surface area contributed by atoms with Gasteiger partial charge in [-0.25, -0.2) is 4.39 Å². The quantitative estimate of drug-likeness (QED) is 0.431. The molecule has 106 valence electrons. The van der Waals surface area contributed by atoms with Crippen LogP contribution in [0.3, 0.4) is 0 Å². The highest BCUT2D eigenvalue weighted by Crippen LogP contribution is 2.32. The van der Waals surface area contributed by atoms with Crippen LogP contribution in [0.1, 0.15) is 0 Å². The second-order valence-electron chi connectivity index (χ2n) is 3.24. The summed E-state index contributed by atoms with van der Waals surface area (Å²) in [5.41, 5.74) is 6.67. The van der Waals surface area contributed by atoms with E-state index in [1.165, 1.54) is 6.07 Å². The summed E-state index contributed by atoms with van der Waals surface area (Å²) >= 11 is 2.86. The molecule has 20 heavy (non-hydrogen) atoms. The van der Waals surface area contributed by atoms with Gasteiger partial charge in [-0.15, -0.1) is 0 Å². The van der Waals surface area contributed by atoms with Crippen molar-refractivity contribution in [1.82, 2.24) is 0 Å². The number of hydrogen-bond acceptors (Lipinski definition) is 5. The number of benzene rings is 1. The van der Waals surface area contributed by atoms with Gasteiger partial charge in [-0.05, 0) is 22.0 Å². The van der Waals surface area contributed by atoms with E-state index >= 15 is 0 Å². The summed E-state index contributed by atoms with van der Waals surface area (Å²) < 4.78 is 41.7. The normalized spacial score (nSPS) is 11.1. The maximum atomic E-state index is 13.3. The van der Waals surface area contributed by atoms with Crippen LogP contribution in [0.5, 0.6) is 5.75 Å². The van der Waals surface area contributed by atoms with Gasteiger partial charge >= 0.3 is 6.61 Å². The molecule has 0 bridgehead atoms. The van der Waals surface area contributed by atoms with E-state index in [-0.39, 0.29) is 10.2 Å². The third-order valence-corrected chi connectivity index (χ3v) is 2.50. The fraction of sp³-hybridized carbons (Fsp3) is 0.100. The fourth-order valence-corrected chi connectivity index (χ4v) is 1.41. The predicted octanol–water partition coefficient (Wildman–Crippen LogP) is 2.42. The van der Waals surface area contributed by atoms with Gasteiger partial charge < -0.3 is 10.5 Å². The zero-order valence-corrected chi connectivity index (χ0v) is 11.2. The van der Waals surface area contributed by atoms with Crippen molar-refractivity contribution in [3.63, 3.8) is 0 Å². The van der Waals surface area contributed by atoms with Crippen molar-refractivity contribution in [1.29, 1.82) is 10.7 Å². The number of nitrogens with one attached hydrogen (secondary N) is 2. The number of hydrazone groups is 1. The molecule has 0 amide bonds. The molecule has 0 atom stereocenters. The van der Waals surface area contributed by atoms with E-state index < -0.39 is 29.7 Å². The van der Waals surface area contributed by atoms with Gasteiger partial charge in [0.2, 0.25) is 5.71 Å². The highest BCUT2D eigenvalue weighted by atomic mass is 79.9. The molecule has 0 saturated carbocycles. The molecular weight excluding hydrogens is 343 g/mol. The Morgan fingerprint density at radius 3 is 2.70 bits per heavy atom. The van der Waals surface area contributed by atoms with E-state index in [1.807, 2.05) is 0 Å². The van der Waals surface area contributed by atoms with E-state index in [9.17, 15) is 13.2 Å². The summed E-state index contributed by atoms with van der Waals surface area (Å²) in [6, 6.07) is 3.33. The van der Waals surface area contributed by atoms with Crippen LogP contribution < -0.4 is 15.9 Å². The van der Waals surface area contributed by atoms with Crippen molar-refractivity contribution in [3.05, 3.63) is 22.4 Å². The monoisotopic (exact) mass is 349 g/mol. The van der Waals surface area contributed by atoms with Crippen LogP contribution in [0.25, 0.3) is 0 Å². The molecule has 0 heterocycles. The SMILES string of the molecule is N#C/C(=N\Nc1cc(Br)c(F)cc1OC(F)F)C(=N)N. The van der Waals surface area contributed by atoms with Crippen LogP contribution in [0.2, 0.25) is 0 Å². The first-order valence-electron chi connectivity index (χ1n) is 4.87. The van der Waals surface area contributed by atoms with Crippen LogP contribution in [0, 0.1) is 22.6 Å². The predicted molar refractivity (Wildman–Crippen MR) is 69.3 cm³/mol. The fourth-order valence-electron chi connectivity index (χ4n) is 1.07. The van der Waals surface area contributed by atoms with Gasteiger partial charge in [0.25, 0.3) is 0 Å². The summed E-state index contributed by atoms with van der Waals surface area (Å²) in [5.74, 6) is -1.94. The van der Waals surface area contributed by atoms with Gasteiger partial charge in [0.1, 0.15) is 11.9 Å². The number of rotatable bonds is 5. The van der Waals surface area contributed by atoms with Crippen molar-refractivity contribution in [2.75, 3.05) is 5.43 Å². The number of halogens is 4. The van der Waals surface area contributed by atoms with Crippen molar-refractivity contribution in [3.8, 4) is 11.8 Å². The number of anilines is 1. The summed E-state index contributed by atoms with van der Waals surface area (Å²) in [4.78, 5) is 0. The molecular formula is C10H7BrF3N5O. The van der Waals surface area contributed by atoms with Gasteiger partial charge in [-0.2, -0.15) is 19.1 Å². The zero-order chi connectivity index (χ0) is 15.3. The minimum atomic E-state index is -3.16. The van der Waals surface area contributed by atoms with E-state index in [0.717, 1.165) is 6.07 Å². The number of nitriles is 1. The van der Waals surface area contributed by atoms with E-state index in [0.29, 0.717) is 6.07 Å². The van der Waals surface area contributed by atoms with Crippen LogP contribution in [0.4, 0.5) is 18.9 Å². The molecule has 1 rings (SSSR count). The lowest BCUT2D eigenvalue weighted by Crippen LogP contribution is -2.22. The summed E-state index contributed by atoms with van der Waals surface area (Å²) in [5, 5.41) is 19.1. The maximum absolute atomic E-state index is 13.3. The first-order chi connectivity index (χ1) is 9.35. The third-order valence-electron chi connectivity index (χ3n) is 1.89. The van der Waals surface area contributed by atoms with Gasteiger partial charge in [0.15, 0.2) is 11.6 Å². The van der Waals surface area contributed by atoms with Crippen molar-refractivity contribution in [2.45, 2.75) is 6.61 Å². The standard InChI is InChI=1S/C10H7BrF3N5O/c11-4-1-6(18-19-7(3-15)9(16)17)8(2-5(4)12)20-10(13)14/h1-2,10,18H,(H3,16,17)/b19-7+. The van der Waals surface area contributed by atoms with Gasteiger partial charge in [-0.3, -0.25) is 10.8 Å². The highest BCUT2D eigenvalue weighted by Gasteiger charge is 2.14. The lowest BCUT2D eigenvalue weighted by Gasteiger charge is -2.11. The molecule has 0 aliphatic heterocycles. The second-order valence-corrected chi connectivity index (χ2v) is 4.09. The Kier molecular flexibility index (Phi) is 5.33. The van der Waals surface area contributed by atoms with Crippen molar-refractivity contribution >= 4 is 33.2 Å². The first kappa shape index (κ1) is 15.8. The lowest BCUT2D eigenvalue weighted by atomic mass is 10.3. The Balaban J connectivity index is 3.13. The van der Waals surface area contributed by atoms with Crippen molar-refractivity contribution in [2.24, 2.45) is 10.8 Å². The number of alkyl halides is 2. The van der Waals surface area contributed by atoms with E-state index in [1.54, 1.807) is 0 Å². The maximum Gasteiger partial charge on any atom is 0.387 e. The second kappa shape index (κ2) is 6.76. The van der Waals surface area contributed by atoms with Crippen LogP contribution >= 0.6 is 15.9 Å². The molecule has 0 aliphatic rings. The Morgan fingerprint density at radius 2 is 2.20 bits per heavy atom. The van der Waals surface area contributed by atoms with E-state index in [2.05, 4.69) is 31.2 Å². The van der Waals surface area contributed by atoms with Crippen LogP contribution in [-0.4, -0.2) is 18.2 Å². The average Bonchev–Trinajstić information content (AvgIpc) is 2.34. The topological polar surface area (TPSA) is 107 Å². The first-order valence-corrected chi connectivity index (χ1v) is 5.66. The van der Waals surface area contributed by atoms with E-state index in [4.69, 9.17) is 16.4 Å². The summed E-state index contributed by atoms with van der Waals surface area (Å²) in [6.45, 7) is -3.16. The molecule has 0 fully saturated rings. The molecule has 0 unspecified atom stereocenters. The van der Waals surface area contributed by atoms with Gasteiger partial charge in [0, 0.05) is 6.07 Å². The molecule has 0 radical (unpaired) electrons. The molecule has 0 aromatic heterocycles. The Bertz CT molecular complexity index is 599. The Hall–Kier alpha value is -2.28. The molecule has 1 aromatic carbocycles. The Morgan fingerprint density at radius 1 is 1.55 bits per heavy atom. The zero-order valence-electron chi connectivity index (χ0n) is 9.62. The molecule has 4 N–H and O–H groups in total. The van der Waals surface area contributed by atoms with Gasteiger partial charge in [0.05, 0.1) is 10.2 Å². The lowest BCUT2D eigenvalue weighted by molar-refractivity contribution is -0.0495. The van der Waals surface area contributed by atoms with Crippen LogP contribution in [-0.2, 0) is 0 Å². The minimum absolute atomic E-state index is 0.0295. The molecule has 0 saturated heterocycles. The molecule has 0 aliphatic carbocycles. The van der Waals surface area contributed by atoms with Crippen LogP contribution in [0.15, 0.2) is 21.7 Å². The third kappa shape index (κ3) is 4.13. The molecule has 10 heteroatoms. The highest BCUT2D eigenvalue weighted by molar-refractivity contribution is 9.10. The number of nitrogens with zero attached hydrogens (tertiary/aromatic N) is 2. The molecule has 1 aromatic rings. The average molecular weight is 350 g/mol. The summed E-state index contributed by atoms with van der Waals surface area (Å²) in [7, 11) is 0. The minimum Gasteiger partial charge on any atom is -0.432 e. The largest absolute Gasteiger partial charge is 0.432 e. The molecule has 6 nitrogen and oxygen atoms in total. The number of hydrogen-bond donors (Lipinski definition) is 3. The number of ether oxygens (including phenoxy) is 1. The number of amidine groups is 1. The number of nitrogens with two attached hydrogens (primary N) is 1. The van der Waals surface area contributed by atoms with Crippen molar-refractivity contribution < 1.29 is 17.9 Å². The smallest absolute Gasteiger partial charge is 0.387 e. The van der Waals surface area contributed by atoms with Gasteiger partial charge in [-0.1, -0.05) is 0 Å².